The molecule has 0 aliphatic heterocycles. The molecule has 0 radical (unpaired) electrons. The molecule has 0 bridgehead atoms. The molecule has 2 N–H and O–H groups in total. The van der Waals surface area contributed by atoms with Gasteiger partial charge in [-0.3, -0.25) is 9.89 Å². The zero-order valence-corrected chi connectivity index (χ0v) is 19.1. The molecule has 150 valence electrons. The van der Waals surface area contributed by atoms with Gasteiger partial charge in [0, 0.05) is 32.2 Å². The van der Waals surface area contributed by atoms with Crippen LogP contribution in [-0.4, -0.2) is 42.7 Å². The lowest BCUT2D eigenvalue weighted by Crippen LogP contribution is -2.39. The lowest BCUT2D eigenvalue weighted by atomic mass is 10.1. The molecule has 0 aliphatic carbocycles. The summed E-state index contributed by atoms with van der Waals surface area (Å²) < 4.78 is 5.28. The van der Waals surface area contributed by atoms with Crippen molar-refractivity contribution in [3.05, 3.63) is 53.4 Å². The van der Waals surface area contributed by atoms with Crippen molar-refractivity contribution in [2.75, 3.05) is 20.6 Å². The number of nitrogens with zero attached hydrogens (tertiary/aromatic N) is 3. The van der Waals surface area contributed by atoms with Crippen molar-refractivity contribution in [3.8, 4) is 0 Å². The van der Waals surface area contributed by atoms with Crippen LogP contribution in [-0.2, 0) is 19.5 Å². The minimum Gasteiger partial charge on any atom is -0.359 e. The Morgan fingerprint density at radius 1 is 1.26 bits per heavy atom. The number of hydrogen-bond acceptors (Lipinski definition) is 4. The molecule has 1 heterocycles. The van der Waals surface area contributed by atoms with E-state index in [2.05, 4.69) is 76.9 Å². The van der Waals surface area contributed by atoms with Gasteiger partial charge >= 0.3 is 0 Å². The minimum absolute atomic E-state index is 0. The van der Waals surface area contributed by atoms with E-state index in [4.69, 9.17) is 4.52 Å². The van der Waals surface area contributed by atoms with E-state index in [-0.39, 0.29) is 24.0 Å². The van der Waals surface area contributed by atoms with Gasteiger partial charge in [-0.15, -0.1) is 24.0 Å². The Morgan fingerprint density at radius 2 is 2.00 bits per heavy atom. The zero-order chi connectivity index (χ0) is 18.8. The molecule has 0 saturated heterocycles. The normalized spacial score (nSPS) is 12.6. The lowest BCUT2D eigenvalue weighted by Gasteiger charge is -2.25. The number of aryl methyl sites for hydroxylation is 1. The standard InChI is InChI=1S/C20H31N5O.HI/c1-5-18-13-19(26-24-18)14-23-20(21-3)22-12-11-16(2)25(4)15-17-9-7-6-8-10-17;/h6-10,13,16H,5,11-12,14-15H2,1-4H3,(H2,21,22,23);1H. The Balaban J connectivity index is 0.00000364. The van der Waals surface area contributed by atoms with Crippen molar-refractivity contribution in [1.82, 2.24) is 20.7 Å². The summed E-state index contributed by atoms with van der Waals surface area (Å²) in [7, 11) is 3.94. The summed E-state index contributed by atoms with van der Waals surface area (Å²) in [5.74, 6) is 1.60. The molecule has 0 saturated carbocycles. The first-order valence-electron chi connectivity index (χ1n) is 9.25. The van der Waals surface area contributed by atoms with E-state index in [0.717, 1.165) is 43.3 Å². The number of hydrogen-bond donors (Lipinski definition) is 2. The maximum Gasteiger partial charge on any atom is 0.191 e. The van der Waals surface area contributed by atoms with Gasteiger partial charge in [-0.25, -0.2) is 0 Å². The van der Waals surface area contributed by atoms with Gasteiger partial charge in [-0.1, -0.05) is 42.4 Å². The molecule has 0 aliphatic rings. The first kappa shape index (κ1) is 23.4. The van der Waals surface area contributed by atoms with Crippen LogP contribution in [0.3, 0.4) is 0 Å². The fourth-order valence-electron chi connectivity index (χ4n) is 2.64. The molecule has 1 atom stereocenters. The predicted molar refractivity (Wildman–Crippen MR) is 121 cm³/mol. The Labute approximate surface area is 179 Å². The van der Waals surface area contributed by atoms with Crippen molar-refractivity contribution in [2.24, 2.45) is 4.99 Å². The van der Waals surface area contributed by atoms with Crippen LogP contribution in [0, 0.1) is 0 Å². The first-order valence-corrected chi connectivity index (χ1v) is 9.25. The highest BCUT2D eigenvalue weighted by atomic mass is 127. The molecule has 1 aromatic carbocycles. The fraction of sp³-hybridized carbons (Fsp3) is 0.500. The van der Waals surface area contributed by atoms with Gasteiger partial charge in [-0.05, 0) is 32.4 Å². The third-order valence-electron chi connectivity index (χ3n) is 4.51. The lowest BCUT2D eigenvalue weighted by molar-refractivity contribution is 0.238. The highest BCUT2D eigenvalue weighted by Crippen LogP contribution is 2.08. The van der Waals surface area contributed by atoms with Gasteiger partial charge in [0.05, 0.1) is 12.2 Å². The molecular formula is C20H32IN5O. The number of halogens is 1. The minimum atomic E-state index is 0. The van der Waals surface area contributed by atoms with Gasteiger partial charge in [-0.2, -0.15) is 0 Å². The van der Waals surface area contributed by atoms with Crippen LogP contribution in [0.4, 0.5) is 0 Å². The second-order valence-electron chi connectivity index (χ2n) is 6.53. The average Bonchev–Trinajstić information content (AvgIpc) is 3.13. The van der Waals surface area contributed by atoms with E-state index in [1.807, 2.05) is 6.07 Å². The van der Waals surface area contributed by atoms with Gasteiger partial charge in [0.25, 0.3) is 0 Å². The van der Waals surface area contributed by atoms with E-state index in [1.54, 1.807) is 7.05 Å². The average molecular weight is 485 g/mol. The number of aromatic nitrogens is 1. The second-order valence-corrected chi connectivity index (χ2v) is 6.53. The third kappa shape index (κ3) is 8.30. The number of aliphatic imine (C=N–C) groups is 1. The number of nitrogens with one attached hydrogen (secondary N) is 2. The summed E-state index contributed by atoms with van der Waals surface area (Å²) in [6, 6.07) is 13.0. The van der Waals surface area contributed by atoms with Crippen LogP contribution in [0.5, 0.6) is 0 Å². The number of guanidine groups is 1. The summed E-state index contributed by atoms with van der Waals surface area (Å²) in [5.41, 5.74) is 2.31. The smallest absolute Gasteiger partial charge is 0.191 e. The van der Waals surface area contributed by atoms with E-state index in [0.29, 0.717) is 12.6 Å². The summed E-state index contributed by atoms with van der Waals surface area (Å²) in [6.45, 7) is 6.71. The Kier molecular flexibility index (Phi) is 11.0. The molecule has 7 heteroatoms. The second kappa shape index (κ2) is 12.7. The molecule has 0 amide bonds. The topological polar surface area (TPSA) is 65.7 Å². The Hall–Kier alpha value is -1.61. The van der Waals surface area contributed by atoms with Crippen LogP contribution >= 0.6 is 24.0 Å². The maximum atomic E-state index is 5.28. The van der Waals surface area contributed by atoms with Crippen LogP contribution in [0.25, 0.3) is 0 Å². The molecule has 27 heavy (non-hydrogen) atoms. The van der Waals surface area contributed by atoms with Crippen LogP contribution < -0.4 is 10.6 Å². The molecular weight excluding hydrogens is 453 g/mol. The largest absolute Gasteiger partial charge is 0.359 e. The zero-order valence-electron chi connectivity index (χ0n) is 16.7. The molecule has 1 unspecified atom stereocenters. The van der Waals surface area contributed by atoms with Crippen LogP contribution in [0.1, 0.15) is 37.3 Å². The molecule has 1 aromatic heterocycles. The number of rotatable bonds is 9. The highest BCUT2D eigenvalue weighted by Gasteiger charge is 2.10. The summed E-state index contributed by atoms with van der Waals surface area (Å²) in [6.07, 6.45) is 1.91. The van der Waals surface area contributed by atoms with Crippen LogP contribution in [0.15, 0.2) is 45.9 Å². The van der Waals surface area contributed by atoms with E-state index in [9.17, 15) is 0 Å². The summed E-state index contributed by atoms with van der Waals surface area (Å²) in [5, 5.41) is 10.6. The van der Waals surface area contributed by atoms with E-state index in [1.165, 1.54) is 5.56 Å². The predicted octanol–water partition coefficient (Wildman–Crippen LogP) is 3.43. The summed E-state index contributed by atoms with van der Waals surface area (Å²) >= 11 is 0. The highest BCUT2D eigenvalue weighted by molar-refractivity contribution is 14.0. The molecule has 2 rings (SSSR count). The maximum absolute atomic E-state index is 5.28. The third-order valence-corrected chi connectivity index (χ3v) is 4.51. The van der Waals surface area contributed by atoms with E-state index < -0.39 is 0 Å². The van der Waals surface area contributed by atoms with Crippen molar-refractivity contribution >= 4 is 29.9 Å². The SMILES string of the molecule is CCc1cc(CNC(=NC)NCCC(C)N(C)Cc2ccccc2)on1.I. The Bertz CT molecular complexity index is 674. The monoisotopic (exact) mass is 485 g/mol. The number of benzene rings is 1. The fourth-order valence-corrected chi connectivity index (χ4v) is 2.64. The molecule has 0 fully saturated rings. The molecule has 2 aromatic rings. The van der Waals surface area contributed by atoms with Crippen molar-refractivity contribution < 1.29 is 4.52 Å². The van der Waals surface area contributed by atoms with Gasteiger partial charge in [0.2, 0.25) is 0 Å². The van der Waals surface area contributed by atoms with Gasteiger partial charge < -0.3 is 15.2 Å². The van der Waals surface area contributed by atoms with Gasteiger partial charge in [0.1, 0.15) is 0 Å². The summed E-state index contributed by atoms with van der Waals surface area (Å²) in [4.78, 5) is 6.63. The van der Waals surface area contributed by atoms with Crippen LogP contribution in [0.2, 0.25) is 0 Å². The van der Waals surface area contributed by atoms with E-state index >= 15 is 0 Å². The Morgan fingerprint density at radius 3 is 2.63 bits per heavy atom. The van der Waals surface area contributed by atoms with Crippen molar-refractivity contribution in [3.63, 3.8) is 0 Å². The quantitative estimate of drug-likeness (QED) is 0.324. The van der Waals surface area contributed by atoms with Crippen molar-refractivity contribution in [1.29, 1.82) is 0 Å². The first-order chi connectivity index (χ1) is 12.6. The van der Waals surface area contributed by atoms with Gasteiger partial charge in [0.15, 0.2) is 11.7 Å². The van der Waals surface area contributed by atoms with Crippen molar-refractivity contribution in [2.45, 2.75) is 45.8 Å². The molecule has 0 spiro atoms. The molecule has 6 nitrogen and oxygen atoms in total.